The lowest BCUT2D eigenvalue weighted by molar-refractivity contribution is -0.145. The molecule has 2 saturated heterocycles. The number of carboxylic acids is 1. The van der Waals surface area contributed by atoms with E-state index in [1.54, 1.807) is 4.90 Å². The molecule has 3 N–H and O–H groups in total. The lowest BCUT2D eigenvalue weighted by Crippen LogP contribution is -2.60. The molecule has 17 heavy (non-hydrogen) atoms. The Balaban J connectivity index is 1.81. The lowest BCUT2D eigenvalue weighted by Gasteiger charge is -2.40. The minimum absolute atomic E-state index is 0.000000000000000444. The summed E-state index contributed by atoms with van der Waals surface area (Å²) < 4.78 is 0. The molecule has 3 rings (SSSR count). The second-order valence-corrected chi connectivity index (χ2v) is 5.70. The van der Waals surface area contributed by atoms with E-state index in [0.29, 0.717) is 6.42 Å². The molecule has 1 aliphatic carbocycles. The van der Waals surface area contributed by atoms with Crippen molar-refractivity contribution in [3.63, 3.8) is 0 Å². The van der Waals surface area contributed by atoms with Crippen molar-refractivity contribution in [2.45, 2.75) is 56.1 Å². The first-order valence-corrected chi connectivity index (χ1v) is 6.37. The van der Waals surface area contributed by atoms with E-state index in [9.17, 15) is 9.59 Å². The van der Waals surface area contributed by atoms with Crippen LogP contribution in [0.25, 0.3) is 0 Å². The van der Waals surface area contributed by atoms with Crippen LogP contribution in [0, 0.1) is 5.92 Å². The van der Waals surface area contributed by atoms with Crippen LogP contribution in [0.2, 0.25) is 0 Å². The Morgan fingerprint density at radius 1 is 1.29 bits per heavy atom. The first-order chi connectivity index (χ1) is 8.03. The van der Waals surface area contributed by atoms with Gasteiger partial charge < -0.3 is 15.7 Å². The van der Waals surface area contributed by atoms with E-state index in [-0.39, 0.29) is 23.9 Å². The number of aliphatic carboxylic acids is 1. The maximum atomic E-state index is 12.4. The Morgan fingerprint density at radius 2 is 2.00 bits per heavy atom. The maximum Gasteiger partial charge on any atom is 0.308 e. The molecule has 0 spiro atoms. The normalized spacial score (nSPS) is 37.9. The summed E-state index contributed by atoms with van der Waals surface area (Å²) >= 11 is 0. The molecule has 3 unspecified atom stereocenters. The van der Waals surface area contributed by atoms with Gasteiger partial charge in [0, 0.05) is 12.1 Å². The van der Waals surface area contributed by atoms with Gasteiger partial charge in [-0.15, -0.1) is 0 Å². The fourth-order valence-electron chi connectivity index (χ4n) is 3.60. The van der Waals surface area contributed by atoms with Gasteiger partial charge in [-0.1, -0.05) is 0 Å². The van der Waals surface area contributed by atoms with Crippen LogP contribution in [0.3, 0.4) is 0 Å². The quantitative estimate of drug-likeness (QED) is 0.726. The number of nitrogens with two attached hydrogens (primary N) is 1. The highest BCUT2D eigenvalue weighted by atomic mass is 16.4. The van der Waals surface area contributed by atoms with Gasteiger partial charge in [0.05, 0.1) is 11.5 Å². The molecule has 2 aliphatic heterocycles. The molecule has 94 valence electrons. The Hall–Kier alpha value is -1.10. The summed E-state index contributed by atoms with van der Waals surface area (Å²) in [5.41, 5.74) is 5.38. The first kappa shape index (κ1) is 11.0. The van der Waals surface area contributed by atoms with Crippen molar-refractivity contribution in [2.75, 3.05) is 0 Å². The molecule has 0 radical (unpaired) electrons. The standard InChI is InChI=1S/C12H18N2O3/c13-12(4-1-5-12)11(17)14-7-2-3-9(14)8(6-7)10(15)16/h7-9H,1-6,13H2,(H,15,16). The first-order valence-electron chi connectivity index (χ1n) is 6.37. The number of hydrogen-bond donors (Lipinski definition) is 2. The highest BCUT2D eigenvalue weighted by Gasteiger charge is 2.55. The summed E-state index contributed by atoms with van der Waals surface area (Å²) in [4.78, 5) is 25.3. The van der Waals surface area contributed by atoms with E-state index >= 15 is 0 Å². The van der Waals surface area contributed by atoms with Crippen molar-refractivity contribution in [2.24, 2.45) is 11.7 Å². The van der Waals surface area contributed by atoms with E-state index in [0.717, 1.165) is 32.1 Å². The van der Waals surface area contributed by atoms with E-state index in [1.165, 1.54) is 0 Å². The fourth-order valence-corrected chi connectivity index (χ4v) is 3.60. The number of hydrogen-bond acceptors (Lipinski definition) is 3. The van der Waals surface area contributed by atoms with Gasteiger partial charge in [-0.3, -0.25) is 9.59 Å². The molecule has 1 saturated carbocycles. The minimum atomic E-state index is -0.769. The van der Waals surface area contributed by atoms with Gasteiger partial charge in [0.15, 0.2) is 0 Å². The molecule has 3 atom stereocenters. The second-order valence-electron chi connectivity index (χ2n) is 5.70. The summed E-state index contributed by atoms with van der Waals surface area (Å²) in [6, 6.07) is 0.0145. The molecule has 3 aliphatic rings. The molecule has 5 nitrogen and oxygen atoms in total. The van der Waals surface area contributed by atoms with Crippen LogP contribution in [0.15, 0.2) is 0 Å². The van der Waals surface area contributed by atoms with Crippen LogP contribution in [0.4, 0.5) is 0 Å². The van der Waals surface area contributed by atoms with E-state index in [4.69, 9.17) is 10.8 Å². The third-order valence-corrected chi connectivity index (χ3v) is 4.76. The predicted molar refractivity (Wildman–Crippen MR) is 60.2 cm³/mol. The van der Waals surface area contributed by atoms with Gasteiger partial charge in [-0.05, 0) is 38.5 Å². The summed E-state index contributed by atoms with van der Waals surface area (Å²) in [6.07, 6.45) is 4.88. The average molecular weight is 238 g/mol. The second kappa shape index (κ2) is 3.45. The zero-order chi connectivity index (χ0) is 12.2. The van der Waals surface area contributed by atoms with Crippen LogP contribution in [0.1, 0.15) is 38.5 Å². The molecular weight excluding hydrogens is 220 g/mol. The topological polar surface area (TPSA) is 83.6 Å². The molecule has 0 aromatic carbocycles. The zero-order valence-corrected chi connectivity index (χ0v) is 9.76. The number of carbonyl (C=O) groups is 2. The molecule has 2 heterocycles. The number of fused-ring (bicyclic) bond motifs is 2. The fraction of sp³-hybridized carbons (Fsp3) is 0.833. The smallest absolute Gasteiger partial charge is 0.308 e. The summed E-state index contributed by atoms with van der Waals surface area (Å²) in [5, 5.41) is 9.14. The van der Waals surface area contributed by atoms with Crippen LogP contribution >= 0.6 is 0 Å². The summed E-state index contributed by atoms with van der Waals surface area (Å²) in [5.74, 6) is -1.14. The number of amides is 1. The monoisotopic (exact) mass is 238 g/mol. The van der Waals surface area contributed by atoms with Crippen molar-refractivity contribution in [1.82, 2.24) is 4.90 Å². The van der Waals surface area contributed by atoms with Crippen LogP contribution < -0.4 is 5.73 Å². The average Bonchev–Trinajstić information content (AvgIpc) is 2.81. The number of carboxylic acid groups (broad SMARTS) is 1. The van der Waals surface area contributed by atoms with Crippen molar-refractivity contribution in [1.29, 1.82) is 0 Å². The Kier molecular flexibility index (Phi) is 2.23. The molecule has 0 aromatic heterocycles. The van der Waals surface area contributed by atoms with Gasteiger partial charge in [-0.2, -0.15) is 0 Å². The largest absolute Gasteiger partial charge is 0.481 e. The number of carbonyl (C=O) groups excluding carboxylic acids is 1. The molecule has 2 bridgehead atoms. The lowest BCUT2D eigenvalue weighted by atomic mass is 9.76. The highest BCUT2D eigenvalue weighted by Crippen LogP contribution is 2.44. The molecule has 3 fully saturated rings. The number of rotatable bonds is 2. The Bertz CT molecular complexity index is 378. The van der Waals surface area contributed by atoms with Gasteiger partial charge in [-0.25, -0.2) is 0 Å². The van der Waals surface area contributed by atoms with Crippen LogP contribution in [-0.2, 0) is 9.59 Å². The van der Waals surface area contributed by atoms with E-state index in [2.05, 4.69) is 0 Å². The third-order valence-electron chi connectivity index (χ3n) is 4.76. The van der Waals surface area contributed by atoms with Gasteiger partial charge in [0.25, 0.3) is 0 Å². The molecule has 1 amide bonds. The SMILES string of the molecule is NC1(C(=O)N2C3CCC2C(C(=O)O)C3)CCC1. The minimum Gasteiger partial charge on any atom is -0.481 e. The van der Waals surface area contributed by atoms with Crippen LogP contribution in [-0.4, -0.2) is 39.5 Å². The van der Waals surface area contributed by atoms with Gasteiger partial charge in [0.2, 0.25) is 5.91 Å². The number of nitrogens with zero attached hydrogens (tertiary/aromatic N) is 1. The maximum absolute atomic E-state index is 12.4. The van der Waals surface area contributed by atoms with Crippen molar-refractivity contribution >= 4 is 11.9 Å². The Labute approximate surface area is 100.0 Å². The van der Waals surface area contributed by atoms with Crippen molar-refractivity contribution in [3.8, 4) is 0 Å². The van der Waals surface area contributed by atoms with Gasteiger partial charge in [0.1, 0.15) is 0 Å². The molecular formula is C12H18N2O3. The Morgan fingerprint density at radius 3 is 2.47 bits per heavy atom. The van der Waals surface area contributed by atoms with Crippen molar-refractivity contribution in [3.05, 3.63) is 0 Å². The predicted octanol–water partition coefficient (Wildman–Crippen LogP) is 0.332. The van der Waals surface area contributed by atoms with E-state index in [1.807, 2.05) is 0 Å². The van der Waals surface area contributed by atoms with Crippen LogP contribution in [0.5, 0.6) is 0 Å². The van der Waals surface area contributed by atoms with Gasteiger partial charge >= 0.3 is 5.97 Å². The zero-order valence-electron chi connectivity index (χ0n) is 9.76. The highest BCUT2D eigenvalue weighted by molar-refractivity contribution is 5.89. The molecule has 0 aromatic rings. The third kappa shape index (κ3) is 1.41. The molecule has 5 heteroatoms. The van der Waals surface area contributed by atoms with E-state index < -0.39 is 11.5 Å². The van der Waals surface area contributed by atoms with Crippen molar-refractivity contribution < 1.29 is 14.7 Å². The summed E-state index contributed by atoms with van der Waals surface area (Å²) in [6.45, 7) is 0. The summed E-state index contributed by atoms with van der Waals surface area (Å²) in [7, 11) is 0.